The second-order valence-corrected chi connectivity index (χ2v) is 4.99. The van der Waals surface area contributed by atoms with Crippen molar-refractivity contribution in [2.45, 2.75) is 25.5 Å². The predicted molar refractivity (Wildman–Crippen MR) is 74.4 cm³/mol. The fourth-order valence-electron chi connectivity index (χ4n) is 2.15. The molecular formula is C14H14F2N4O3. The zero-order valence-corrected chi connectivity index (χ0v) is 12.0. The molecule has 0 unspecified atom stereocenters. The molecule has 1 aromatic heterocycles. The summed E-state index contributed by atoms with van der Waals surface area (Å²) < 4.78 is 36.3. The number of nitrogens with zero attached hydrogens (tertiary/aromatic N) is 2. The summed E-state index contributed by atoms with van der Waals surface area (Å²) in [7, 11) is 0. The van der Waals surface area contributed by atoms with E-state index < -0.39 is 17.7 Å². The highest BCUT2D eigenvalue weighted by atomic mass is 19.2. The summed E-state index contributed by atoms with van der Waals surface area (Å²) in [6, 6.07) is 2.47. The van der Waals surface area contributed by atoms with Gasteiger partial charge >= 0.3 is 6.03 Å². The van der Waals surface area contributed by atoms with Crippen LogP contribution in [0.5, 0.6) is 0 Å². The first-order chi connectivity index (χ1) is 11.1. The number of carbonyl (C=O) groups excluding carboxylic acids is 1. The van der Waals surface area contributed by atoms with Gasteiger partial charge in [-0.05, 0) is 25.0 Å². The van der Waals surface area contributed by atoms with Gasteiger partial charge in [0.25, 0.3) is 5.89 Å². The molecule has 0 aliphatic carbocycles. The number of nitrogens with one attached hydrogen (secondary N) is 2. The fourth-order valence-corrected chi connectivity index (χ4v) is 2.15. The number of ether oxygens (including phenoxy) is 1. The summed E-state index contributed by atoms with van der Waals surface area (Å²) in [5.41, 5.74) is 0.134. The van der Waals surface area contributed by atoms with Crippen LogP contribution in [-0.4, -0.2) is 22.8 Å². The van der Waals surface area contributed by atoms with Crippen molar-refractivity contribution in [3.8, 4) is 0 Å². The van der Waals surface area contributed by atoms with E-state index in [4.69, 9.17) is 9.26 Å². The highest BCUT2D eigenvalue weighted by Crippen LogP contribution is 2.26. The average molecular weight is 324 g/mol. The highest BCUT2D eigenvalue weighted by Gasteiger charge is 2.23. The number of halogens is 2. The molecule has 1 fully saturated rings. The molecule has 1 atom stereocenters. The number of anilines is 1. The fraction of sp³-hybridized carbons (Fsp3) is 0.357. The van der Waals surface area contributed by atoms with Crippen LogP contribution < -0.4 is 10.6 Å². The summed E-state index contributed by atoms with van der Waals surface area (Å²) in [6.45, 7) is 0.697. The van der Waals surface area contributed by atoms with Crippen molar-refractivity contribution in [2.75, 3.05) is 11.9 Å². The molecule has 1 aliphatic rings. The molecule has 0 spiro atoms. The summed E-state index contributed by atoms with van der Waals surface area (Å²) in [5, 5.41) is 8.62. The SMILES string of the molecule is O=C(NCc1noc([C@H]2CCCO2)n1)Nc1ccc(F)c(F)c1. The van der Waals surface area contributed by atoms with Crippen LogP contribution >= 0.6 is 0 Å². The Bertz CT molecular complexity index is 701. The van der Waals surface area contributed by atoms with Gasteiger partial charge in [-0.1, -0.05) is 5.16 Å². The average Bonchev–Trinajstić information content (AvgIpc) is 3.19. The summed E-state index contributed by atoms with van der Waals surface area (Å²) >= 11 is 0. The third kappa shape index (κ3) is 3.81. The molecule has 9 heteroatoms. The molecule has 0 saturated carbocycles. The normalized spacial score (nSPS) is 17.2. The van der Waals surface area contributed by atoms with Gasteiger partial charge in [-0.3, -0.25) is 0 Å². The Labute approximate surface area is 130 Å². The first-order valence-electron chi connectivity index (χ1n) is 7.06. The first-order valence-corrected chi connectivity index (χ1v) is 7.06. The Balaban J connectivity index is 1.51. The van der Waals surface area contributed by atoms with Gasteiger partial charge in [0.2, 0.25) is 0 Å². The van der Waals surface area contributed by atoms with Crippen LogP contribution in [-0.2, 0) is 11.3 Å². The molecule has 2 amide bonds. The molecule has 7 nitrogen and oxygen atoms in total. The van der Waals surface area contributed by atoms with E-state index in [0.29, 0.717) is 18.3 Å². The van der Waals surface area contributed by atoms with E-state index in [2.05, 4.69) is 20.8 Å². The Hall–Kier alpha value is -2.55. The van der Waals surface area contributed by atoms with Crippen molar-refractivity contribution in [1.82, 2.24) is 15.5 Å². The van der Waals surface area contributed by atoms with Crippen molar-refractivity contribution in [3.05, 3.63) is 41.5 Å². The second-order valence-electron chi connectivity index (χ2n) is 4.99. The van der Waals surface area contributed by atoms with Gasteiger partial charge < -0.3 is 19.9 Å². The molecule has 1 saturated heterocycles. The van der Waals surface area contributed by atoms with Crippen molar-refractivity contribution in [2.24, 2.45) is 0 Å². The number of aromatic nitrogens is 2. The first kappa shape index (κ1) is 15.3. The van der Waals surface area contributed by atoms with Crippen molar-refractivity contribution >= 4 is 11.7 Å². The molecule has 0 radical (unpaired) electrons. The third-order valence-corrected chi connectivity index (χ3v) is 3.27. The van der Waals surface area contributed by atoms with Crippen LogP contribution in [0.25, 0.3) is 0 Å². The van der Waals surface area contributed by atoms with Gasteiger partial charge in [0, 0.05) is 18.4 Å². The Morgan fingerprint density at radius 2 is 2.22 bits per heavy atom. The van der Waals surface area contributed by atoms with E-state index in [1.165, 1.54) is 6.07 Å². The van der Waals surface area contributed by atoms with E-state index in [-0.39, 0.29) is 18.3 Å². The molecule has 2 heterocycles. The van der Waals surface area contributed by atoms with Crippen molar-refractivity contribution in [3.63, 3.8) is 0 Å². The van der Waals surface area contributed by atoms with Crippen LogP contribution in [0.3, 0.4) is 0 Å². The zero-order chi connectivity index (χ0) is 16.2. The van der Waals surface area contributed by atoms with E-state index in [1.54, 1.807) is 0 Å². The number of hydrogen-bond acceptors (Lipinski definition) is 5. The molecule has 3 rings (SSSR count). The lowest BCUT2D eigenvalue weighted by atomic mass is 10.2. The number of amides is 2. The zero-order valence-electron chi connectivity index (χ0n) is 12.0. The van der Waals surface area contributed by atoms with Gasteiger partial charge in [0.1, 0.15) is 6.10 Å². The smallest absolute Gasteiger partial charge is 0.319 e. The van der Waals surface area contributed by atoms with Crippen molar-refractivity contribution < 1.29 is 22.8 Å². The minimum absolute atomic E-state index is 0.0335. The molecule has 2 aromatic rings. The monoisotopic (exact) mass is 324 g/mol. The van der Waals surface area contributed by atoms with Gasteiger partial charge in [-0.2, -0.15) is 4.98 Å². The Kier molecular flexibility index (Phi) is 4.47. The minimum atomic E-state index is -1.04. The number of carbonyl (C=O) groups is 1. The predicted octanol–water partition coefficient (Wildman–Crippen LogP) is 2.52. The van der Waals surface area contributed by atoms with Gasteiger partial charge in [0.05, 0.1) is 6.54 Å². The van der Waals surface area contributed by atoms with Crippen molar-refractivity contribution in [1.29, 1.82) is 0 Å². The molecule has 23 heavy (non-hydrogen) atoms. The topological polar surface area (TPSA) is 89.3 Å². The minimum Gasteiger partial charge on any atom is -0.368 e. The van der Waals surface area contributed by atoms with E-state index in [1.807, 2.05) is 0 Å². The molecule has 122 valence electrons. The third-order valence-electron chi connectivity index (χ3n) is 3.27. The van der Waals surface area contributed by atoms with Gasteiger partial charge in [-0.15, -0.1) is 0 Å². The highest BCUT2D eigenvalue weighted by molar-refractivity contribution is 5.89. The second kappa shape index (κ2) is 6.69. The lowest BCUT2D eigenvalue weighted by molar-refractivity contribution is 0.0835. The van der Waals surface area contributed by atoms with Gasteiger partial charge in [0.15, 0.2) is 17.5 Å². The van der Waals surface area contributed by atoms with Gasteiger partial charge in [-0.25, -0.2) is 13.6 Å². The standard InChI is InChI=1S/C14H14F2N4O3/c15-9-4-3-8(6-10(9)16)18-14(21)17-7-12-19-13(23-20-12)11-2-1-5-22-11/h3-4,6,11H,1-2,5,7H2,(H2,17,18,21)/t11-/m1/s1. The van der Waals surface area contributed by atoms with Crippen LogP contribution in [0.15, 0.2) is 22.7 Å². The molecule has 0 bridgehead atoms. The number of urea groups is 1. The Morgan fingerprint density at radius 3 is 2.96 bits per heavy atom. The van der Waals surface area contributed by atoms with E-state index >= 15 is 0 Å². The van der Waals surface area contributed by atoms with E-state index in [9.17, 15) is 13.6 Å². The Morgan fingerprint density at radius 1 is 1.35 bits per heavy atom. The molecule has 2 N–H and O–H groups in total. The van der Waals surface area contributed by atoms with Crippen LogP contribution in [0.2, 0.25) is 0 Å². The maximum absolute atomic E-state index is 13.0. The summed E-state index contributed by atoms with van der Waals surface area (Å²) in [4.78, 5) is 15.8. The number of rotatable bonds is 4. The van der Waals surface area contributed by atoms with Crippen LogP contribution in [0.4, 0.5) is 19.3 Å². The number of benzene rings is 1. The molecule has 1 aliphatic heterocycles. The summed E-state index contributed by atoms with van der Waals surface area (Å²) in [6.07, 6.45) is 1.58. The maximum atomic E-state index is 13.0. The number of hydrogen-bond donors (Lipinski definition) is 2. The lowest BCUT2D eigenvalue weighted by Crippen LogP contribution is -2.28. The lowest BCUT2D eigenvalue weighted by Gasteiger charge is -2.06. The summed E-state index contributed by atoms with van der Waals surface area (Å²) in [5.74, 6) is -1.33. The van der Waals surface area contributed by atoms with E-state index in [0.717, 1.165) is 25.0 Å². The molecular weight excluding hydrogens is 310 g/mol. The maximum Gasteiger partial charge on any atom is 0.319 e. The largest absolute Gasteiger partial charge is 0.368 e. The quantitative estimate of drug-likeness (QED) is 0.902. The van der Waals surface area contributed by atoms with Crippen LogP contribution in [0, 0.1) is 11.6 Å². The molecule has 1 aromatic carbocycles. The van der Waals surface area contributed by atoms with Crippen LogP contribution in [0.1, 0.15) is 30.7 Å².